The van der Waals surface area contributed by atoms with Crippen LogP contribution >= 0.6 is 0 Å². The number of furan rings is 1. The van der Waals surface area contributed by atoms with Crippen LogP contribution in [0.1, 0.15) is 21.9 Å². The van der Waals surface area contributed by atoms with Crippen molar-refractivity contribution in [1.82, 2.24) is 4.90 Å². The molecule has 100 valence electrons. The summed E-state index contributed by atoms with van der Waals surface area (Å²) in [7, 11) is 3.35. The van der Waals surface area contributed by atoms with Crippen LogP contribution in [0, 0.1) is 0 Å². The van der Waals surface area contributed by atoms with Crippen LogP contribution in [-0.4, -0.2) is 25.0 Å². The molecule has 0 unspecified atom stereocenters. The number of nitrogens with zero attached hydrogens (tertiary/aromatic N) is 1. The van der Waals surface area contributed by atoms with Crippen molar-refractivity contribution in [3.8, 4) is 0 Å². The smallest absolute Gasteiger partial charge is 0.373 e. The molecule has 19 heavy (non-hydrogen) atoms. The largest absolute Gasteiger partial charge is 0.463 e. The number of rotatable bonds is 5. The summed E-state index contributed by atoms with van der Waals surface area (Å²) in [6.45, 7) is 1.47. The van der Waals surface area contributed by atoms with Gasteiger partial charge in [0.25, 0.3) is 0 Å². The molecular weight excluding hydrogens is 242 g/mol. The molecule has 0 atom stereocenters. The fourth-order valence-electron chi connectivity index (χ4n) is 1.89. The zero-order valence-electron chi connectivity index (χ0n) is 11.1. The monoisotopic (exact) mass is 259 g/mol. The minimum atomic E-state index is -0.447. The summed E-state index contributed by atoms with van der Waals surface area (Å²) in [5, 5.41) is 0. The first-order valence-electron chi connectivity index (χ1n) is 6.08. The highest BCUT2D eigenvalue weighted by Gasteiger charge is 2.12. The molecule has 0 N–H and O–H groups in total. The summed E-state index contributed by atoms with van der Waals surface area (Å²) < 4.78 is 10.0. The summed E-state index contributed by atoms with van der Waals surface area (Å²) >= 11 is 0. The van der Waals surface area contributed by atoms with Gasteiger partial charge in [-0.05, 0) is 24.7 Å². The molecule has 0 amide bonds. The van der Waals surface area contributed by atoms with E-state index in [1.807, 2.05) is 25.2 Å². The average Bonchev–Trinajstić information content (AvgIpc) is 2.87. The summed E-state index contributed by atoms with van der Waals surface area (Å²) in [5.74, 6) is 0.543. The molecule has 4 heteroatoms. The third-order valence-corrected chi connectivity index (χ3v) is 2.77. The van der Waals surface area contributed by atoms with Crippen molar-refractivity contribution in [3.63, 3.8) is 0 Å². The number of hydrogen-bond donors (Lipinski definition) is 0. The van der Waals surface area contributed by atoms with Crippen molar-refractivity contribution in [2.45, 2.75) is 13.1 Å². The maximum atomic E-state index is 11.3. The third kappa shape index (κ3) is 3.69. The number of hydrogen-bond acceptors (Lipinski definition) is 4. The standard InChI is InChI=1S/C15H17NO3/c1-16(10-12-6-4-3-5-7-12)11-13-8-9-14(19-13)15(17)18-2/h3-9H,10-11H2,1-2H3. The van der Waals surface area contributed by atoms with Gasteiger partial charge in [-0.25, -0.2) is 4.79 Å². The SMILES string of the molecule is COC(=O)c1ccc(CN(C)Cc2ccccc2)o1. The Hall–Kier alpha value is -2.07. The molecule has 1 aromatic carbocycles. The number of benzene rings is 1. The Labute approximate surface area is 112 Å². The second-order valence-electron chi connectivity index (χ2n) is 4.42. The summed E-state index contributed by atoms with van der Waals surface area (Å²) in [4.78, 5) is 13.4. The van der Waals surface area contributed by atoms with E-state index in [-0.39, 0.29) is 5.76 Å². The van der Waals surface area contributed by atoms with E-state index in [9.17, 15) is 4.79 Å². The first-order valence-corrected chi connectivity index (χ1v) is 6.08. The molecule has 0 saturated heterocycles. The number of carbonyl (C=O) groups is 1. The van der Waals surface area contributed by atoms with Crippen LogP contribution in [0.3, 0.4) is 0 Å². The van der Waals surface area contributed by atoms with Crippen LogP contribution < -0.4 is 0 Å². The van der Waals surface area contributed by atoms with Gasteiger partial charge in [-0.1, -0.05) is 30.3 Å². The Kier molecular flexibility index (Phi) is 4.36. The predicted molar refractivity (Wildman–Crippen MR) is 71.7 cm³/mol. The highest BCUT2D eigenvalue weighted by atomic mass is 16.5. The van der Waals surface area contributed by atoms with Crippen LogP contribution in [0.4, 0.5) is 0 Å². The molecule has 1 heterocycles. The average molecular weight is 259 g/mol. The summed E-state index contributed by atoms with van der Waals surface area (Å²) in [6, 6.07) is 13.6. The Bertz CT molecular complexity index is 533. The molecule has 2 aromatic rings. The van der Waals surface area contributed by atoms with Gasteiger partial charge in [0.2, 0.25) is 5.76 Å². The fraction of sp³-hybridized carbons (Fsp3) is 0.267. The number of carbonyl (C=O) groups excluding carboxylic acids is 1. The molecule has 0 aliphatic rings. The van der Waals surface area contributed by atoms with E-state index in [0.717, 1.165) is 12.3 Å². The lowest BCUT2D eigenvalue weighted by molar-refractivity contribution is 0.0561. The van der Waals surface area contributed by atoms with Crippen molar-refractivity contribution in [1.29, 1.82) is 0 Å². The van der Waals surface area contributed by atoms with Crippen molar-refractivity contribution >= 4 is 5.97 Å². The highest BCUT2D eigenvalue weighted by molar-refractivity contribution is 5.86. The van der Waals surface area contributed by atoms with Crippen molar-refractivity contribution in [2.24, 2.45) is 0 Å². The van der Waals surface area contributed by atoms with Gasteiger partial charge in [0.05, 0.1) is 13.7 Å². The van der Waals surface area contributed by atoms with E-state index in [1.54, 1.807) is 12.1 Å². The Morgan fingerprint density at radius 3 is 2.58 bits per heavy atom. The highest BCUT2D eigenvalue weighted by Crippen LogP contribution is 2.12. The van der Waals surface area contributed by atoms with Gasteiger partial charge in [0.1, 0.15) is 5.76 Å². The second-order valence-corrected chi connectivity index (χ2v) is 4.42. The first-order chi connectivity index (χ1) is 9.19. The van der Waals surface area contributed by atoms with E-state index < -0.39 is 5.97 Å². The Morgan fingerprint density at radius 1 is 1.16 bits per heavy atom. The number of esters is 1. The molecule has 4 nitrogen and oxygen atoms in total. The van der Waals surface area contributed by atoms with E-state index in [1.165, 1.54) is 12.7 Å². The van der Waals surface area contributed by atoms with Crippen LogP contribution in [0.25, 0.3) is 0 Å². The minimum Gasteiger partial charge on any atom is -0.463 e. The topological polar surface area (TPSA) is 42.7 Å². The van der Waals surface area contributed by atoms with E-state index in [2.05, 4.69) is 21.8 Å². The molecule has 1 aromatic heterocycles. The summed E-state index contributed by atoms with van der Waals surface area (Å²) in [5.41, 5.74) is 1.24. The number of ether oxygens (including phenoxy) is 1. The Balaban J connectivity index is 1.94. The lowest BCUT2D eigenvalue weighted by Crippen LogP contribution is -2.16. The van der Waals surface area contributed by atoms with Crippen LogP contribution in [0.2, 0.25) is 0 Å². The minimum absolute atomic E-state index is 0.241. The van der Waals surface area contributed by atoms with Crippen molar-refractivity contribution < 1.29 is 13.9 Å². The first kappa shape index (κ1) is 13.4. The Morgan fingerprint density at radius 2 is 1.89 bits per heavy atom. The predicted octanol–water partition coefficient (Wildman–Crippen LogP) is 2.70. The van der Waals surface area contributed by atoms with Crippen LogP contribution in [0.15, 0.2) is 46.9 Å². The van der Waals surface area contributed by atoms with Crippen molar-refractivity contribution in [3.05, 3.63) is 59.5 Å². The molecule has 0 spiro atoms. The van der Waals surface area contributed by atoms with Gasteiger partial charge in [-0.15, -0.1) is 0 Å². The zero-order valence-corrected chi connectivity index (χ0v) is 11.1. The third-order valence-electron chi connectivity index (χ3n) is 2.77. The quantitative estimate of drug-likeness (QED) is 0.774. The number of methoxy groups -OCH3 is 1. The van der Waals surface area contributed by atoms with Gasteiger partial charge >= 0.3 is 5.97 Å². The summed E-state index contributed by atoms with van der Waals surface area (Å²) in [6.07, 6.45) is 0. The maximum absolute atomic E-state index is 11.3. The van der Waals surface area contributed by atoms with Crippen LogP contribution in [-0.2, 0) is 17.8 Å². The van der Waals surface area contributed by atoms with E-state index in [0.29, 0.717) is 6.54 Å². The van der Waals surface area contributed by atoms with E-state index in [4.69, 9.17) is 4.42 Å². The van der Waals surface area contributed by atoms with Crippen LogP contribution in [0.5, 0.6) is 0 Å². The second kappa shape index (κ2) is 6.20. The molecule has 0 aliphatic carbocycles. The van der Waals surface area contributed by atoms with Gasteiger partial charge < -0.3 is 9.15 Å². The fourth-order valence-corrected chi connectivity index (χ4v) is 1.89. The van der Waals surface area contributed by atoms with Gasteiger partial charge in [-0.2, -0.15) is 0 Å². The lowest BCUT2D eigenvalue weighted by atomic mass is 10.2. The maximum Gasteiger partial charge on any atom is 0.373 e. The molecule has 0 bridgehead atoms. The molecule has 2 rings (SSSR count). The molecular formula is C15H17NO3. The molecule has 0 saturated carbocycles. The normalized spacial score (nSPS) is 10.7. The van der Waals surface area contributed by atoms with Gasteiger partial charge in [0.15, 0.2) is 0 Å². The molecule has 0 radical (unpaired) electrons. The van der Waals surface area contributed by atoms with Gasteiger partial charge in [-0.3, -0.25) is 4.90 Å². The van der Waals surface area contributed by atoms with Gasteiger partial charge in [0, 0.05) is 6.54 Å². The zero-order chi connectivity index (χ0) is 13.7. The molecule has 0 fully saturated rings. The lowest BCUT2D eigenvalue weighted by Gasteiger charge is -2.14. The van der Waals surface area contributed by atoms with E-state index >= 15 is 0 Å². The van der Waals surface area contributed by atoms with Crippen molar-refractivity contribution in [2.75, 3.05) is 14.2 Å². The molecule has 0 aliphatic heterocycles.